The minimum atomic E-state index is -4.97. The zero-order valence-corrected chi connectivity index (χ0v) is 30.2. The molecule has 0 bridgehead atoms. The Morgan fingerprint density at radius 2 is 0.981 bits per heavy atom. The average Bonchev–Trinajstić information content (AvgIpc) is 3.77. The van der Waals surface area contributed by atoms with Gasteiger partial charge < -0.3 is 9.47 Å². The van der Waals surface area contributed by atoms with Crippen LogP contribution in [0.2, 0.25) is 0 Å². The number of ether oxygens (including phenoxy) is 2. The van der Waals surface area contributed by atoms with Gasteiger partial charge >= 0.3 is 24.3 Å². The van der Waals surface area contributed by atoms with Gasteiger partial charge in [-0.2, -0.15) is 26.3 Å². The van der Waals surface area contributed by atoms with Crippen LogP contribution in [0, 0.1) is 11.8 Å². The molecule has 0 aromatic carbocycles. The van der Waals surface area contributed by atoms with Gasteiger partial charge in [-0.25, -0.2) is 37.1 Å². The van der Waals surface area contributed by atoms with Gasteiger partial charge in [0.15, 0.2) is 11.4 Å². The van der Waals surface area contributed by atoms with Crippen LogP contribution in [0.15, 0.2) is 9.98 Å². The van der Waals surface area contributed by atoms with E-state index >= 15 is 0 Å². The molecule has 4 rings (SSSR count). The Balaban J connectivity index is 0.000000280. The molecule has 8 nitrogen and oxygen atoms in total. The number of rotatable bonds is 10. The first-order valence-electron chi connectivity index (χ1n) is 15.5. The number of carbonyl (C=O) groups is 2. The second kappa shape index (κ2) is 17.6. The van der Waals surface area contributed by atoms with Crippen molar-refractivity contribution in [1.82, 2.24) is 9.97 Å². The smallest absolute Gasteiger partial charge is 0.434 e. The molecule has 4 heterocycles. The fraction of sp³-hybridized carbons (Fsp3) is 0.562. The Kier molecular flexibility index (Phi) is 14.6. The number of thioether (sulfide) groups is 2. The van der Waals surface area contributed by atoms with Crippen molar-refractivity contribution in [3.8, 4) is 0 Å². The standard InChI is InChI=1S/2C16H17F5N2O2S/c2*1-7(2)6-8-9(15(24)25-3)11(13(17)18)23-12(16(19,20)21)10(8)14-22-4-5-26-14/h2*7,13H,4-6H2,1-3H3. The normalized spacial score (nSPS) is 14.9. The Hall–Kier alpha value is -3.42. The van der Waals surface area contributed by atoms with Crippen molar-refractivity contribution in [1.29, 1.82) is 0 Å². The van der Waals surface area contributed by atoms with Crippen LogP contribution in [-0.4, -0.2) is 70.8 Å². The number of aliphatic imine (C=N–C) groups is 2. The number of methoxy groups -OCH3 is 2. The fourth-order valence-electron chi connectivity index (χ4n) is 5.35. The molecule has 0 radical (unpaired) electrons. The molecule has 0 amide bonds. The van der Waals surface area contributed by atoms with E-state index in [0.717, 1.165) is 37.7 Å². The van der Waals surface area contributed by atoms with Crippen LogP contribution < -0.4 is 0 Å². The van der Waals surface area contributed by atoms with Crippen molar-refractivity contribution >= 4 is 45.5 Å². The summed E-state index contributed by atoms with van der Waals surface area (Å²) in [6.45, 7) is 7.47. The van der Waals surface area contributed by atoms with Crippen LogP contribution in [0.5, 0.6) is 0 Å². The summed E-state index contributed by atoms with van der Waals surface area (Å²) in [5.74, 6) is -1.73. The van der Waals surface area contributed by atoms with E-state index in [1.165, 1.54) is 0 Å². The third-order valence-corrected chi connectivity index (χ3v) is 9.20. The molecule has 0 unspecified atom stereocenters. The number of nitrogens with zero attached hydrogens (tertiary/aromatic N) is 4. The van der Waals surface area contributed by atoms with Crippen molar-refractivity contribution in [2.45, 2.75) is 65.7 Å². The first kappa shape index (κ1) is 43.0. The maximum Gasteiger partial charge on any atom is 0.434 e. The van der Waals surface area contributed by atoms with E-state index in [2.05, 4.69) is 29.4 Å². The predicted molar refractivity (Wildman–Crippen MR) is 176 cm³/mol. The van der Waals surface area contributed by atoms with Gasteiger partial charge in [0.2, 0.25) is 0 Å². The maximum absolute atomic E-state index is 13.6. The van der Waals surface area contributed by atoms with Crippen LogP contribution in [0.4, 0.5) is 43.9 Å². The molecule has 0 aliphatic carbocycles. The van der Waals surface area contributed by atoms with Crippen molar-refractivity contribution in [3.05, 3.63) is 56.2 Å². The summed E-state index contributed by atoms with van der Waals surface area (Å²) in [6.07, 6.45) is -16.7. The molecule has 20 heteroatoms. The number of aromatic nitrogens is 2. The van der Waals surface area contributed by atoms with Crippen molar-refractivity contribution in [3.63, 3.8) is 0 Å². The Labute approximate surface area is 300 Å². The van der Waals surface area contributed by atoms with Crippen LogP contribution >= 0.6 is 23.5 Å². The number of carbonyl (C=O) groups excluding carboxylic acids is 2. The van der Waals surface area contributed by atoms with E-state index in [0.29, 0.717) is 24.6 Å². The molecule has 2 aromatic rings. The first-order valence-corrected chi connectivity index (χ1v) is 17.5. The van der Waals surface area contributed by atoms with Gasteiger partial charge in [-0.05, 0) is 35.8 Å². The number of hydrogen-bond donors (Lipinski definition) is 0. The second-order valence-electron chi connectivity index (χ2n) is 12.0. The highest BCUT2D eigenvalue weighted by molar-refractivity contribution is 8.15. The van der Waals surface area contributed by atoms with E-state index < -0.39 is 82.2 Å². The lowest BCUT2D eigenvalue weighted by Gasteiger charge is -2.22. The maximum atomic E-state index is 13.6. The van der Waals surface area contributed by atoms with E-state index in [-0.39, 0.29) is 45.9 Å². The van der Waals surface area contributed by atoms with Crippen molar-refractivity contribution in [2.75, 3.05) is 38.8 Å². The topological polar surface area (TPSA) is 103 Å². The van der Waals surface area contributed by atoms with Gasteiger partial charge in [-0.3, -0.25) is 9.98 Å². The molecular formula is C32H34F10N4O4S2. The number of pyridine rings is 2. The molecule has 0 saturated heterocycles. The summed E-state index contributed by atoms with van der Waals surface area (Å²) in [5.41, 5.74) is -7.58. The quantitative estimate of drug-likeness (QED) is 0.174. The second-order valence-corrected chi connectivity index (χ2v) is 14.2. The van der Waals surface area contributed by atoms with Crippen LogP contribution in [0.25, 0.3) is 0 Å². The first-order chi connectivity index (χ1) is 24.1. The van der Waals surface area contributed by atoms with Gasteiger partial charge in [0.1, 0.15) is 21.5 Å². The zero-order chi connectivity index (χ0) is 39.3. The molecule has 2 aliphatic rings. The molecule has 2 aromatic heterocycles. The summed E-state index contributed by atoms with van der Waals surface area (Å²) in [7, 11) is 1.96. The molecule has 0 fully saturated rings. The van der Waals surface area contributed by atoms with E-state index in [1.807, 2.05) is 0 Å². The van der Waals surface area contributed by atoms with Gasteiger partial charge in [-0.15, -0.1) is 23.5 Å². The van der Waals surface area contributed by atoms with Gasteiger partial charge in [0.25, 0.3) is 12.9 Å². The lowest BCUT2D eigenvalue weighted by atomic mass is 9.91. The van der Waals surface area contributed by atoms with Crippen LogP contribution in [-0.2, 0) is 34.7 Å². The monoisotopic (exact) mass is 792 g/mol. The average molecular weight is 793 g/mol. The minimum Gasteiger partial charge on any atom is -0.465 e. The summed E-state index contributed by atoms with van der Waals surface area (Å²) in [6, 6.07) is 0. The number of halogens is 10. The summed E-state index contributed by atoms with van der Waals surface area (Å²) in [5, 5.41) is 0.123. The summed E-state index contributed by atoms with van der Waals surface area (Å²) < 4.78 is 144. The van der Waals surface area contributed by atoms with E-state index in [4.69, 9.17) is 0 Å². The third-order valence-electron chi connectivity index (χ3n) is 7.21. The van der Waals surface area contributed by atoms with E-state index in [9.17, 15) is 53.5 Å². The largest absolute Gasteiger partial charge is 0.465 e. The van der Waals surface area contributed by atoms with Gasteiger partial charge in [0.05, 0.1) is 25.3 Å². The minimum absolute atomic E-state index is 0.0231. The summed E-state index contributed by atoms with van der Waals surface area (Å²) >= 11 is 2.16. The van der Waals surface area contributed by atoms with E-state index in [1.54, 1.807) is 27.7 Å². The number of hydrogen-bond acceptors (Lipinski definition) is 10. The SMILES string of the molecule is COC(=O)c1c(C(F)F)nc(C(F)(F)F)c(C2=NCCS2)c1CC(C)C.COC(=O)c1c(C(F)F)nc(C(F)(F)F)c(C2=NCCS2)c1CC(C)C. The highest BCUT2D eigenvalue weighted by Crippen LogP contribution is 2.42. The highest BCUT2D eigenvalue weighted by atomic mass is 32.2. The zero-order valence-electron chi connectivity index (χ0n) is 28.6. The fourth-order valence-corrected chi connectivity index (χ4v) is 7.20. The van der Waals surface area contributed by atoms with Gasteiger partial charge in [-0.1, -0.05) is 27.7 Å². The Bertz CT molecular complexity index is 1590. The Morgan fingerprint density at radius 3 is 1.19 bits per heavy atom. The lowest BCUT2D eigenvalue weighted by Crippen LogP contribution is -2.24. The molecule has 0 spiro atoms. The van der Waals surface area contributed by atoms with Crippen molar-refractivity contribution in [2.24, 2.45) is 21.8 Å². The predicted octanol–water partition coefficient (Wildman–Crippen LogP) is 9.03. The number of esters is 2. The molecule has 0 atom stereocenters. The third kappa shape index (κ3) is 9.96. The number of alkyl halides is 10. The molecule has 0 N–H and O–H groups in total. The van der Waals surface area contributed by atoms with Crippen molar-refractivity contribution < 1.29 is 63.0 Å². The molecule has 2 aliphatic heterocycles. The molecular weight excluding hydrogens is 758 g/mol. The van der Waals surface area contributed by atoms with Gasteiger partial charge in [0, 0.05) is 35.7 Å². The molecule has 52 heavy (non-hydrogen) atoms. The molecule has 288 valence electrons. The molecule has 0 saturated carbocycles. The van der Waals surface area contributed by atoms with Crippen LogP contribution in [0.1, 0.15) is 106 Å². The van der Waals surface area contributed by atoms with Crippen LogP contribution in [0.3, 0.4) is 0 Å². The highest BCUT2D eigenvalue weighted by Gasteiger charge is 2.44. The summed E-state index contributed by atoms with van der Waals surface area (Å²) in [4.78, 5) is 38.7. The Morgan fingerprint density at radius 1 is 0.654 bits per heavy atom. The lowest BCUT2D eigenvalue weighted by molar-refractivity contribution is -0.142.